The zero-order chi connectivity index (χ0) is 26.0. The highest BCUT2D eigenvalue weighted by Gasteiger charge is 2.31. The highest BCUT2D eigenvalue weighted by atomic mass is 32.2. The molecule has 1 atom stereocenters. The Morgan fingerprint density at radius 1 is 1.11 bits per heavy atom. The first-order valence-corrected chi connectivity index (χ1v) is 13.4. The van der Waals surface area contributed by atoms with Crippen molar-refractivity contribution >= 4 is 15.9 Å². The van der Waals surface area contributed by atoms with E-state index in [0.29, 0.717) is 41.1 Å². The van der Waals surface area contributed by atoms with Crippen molar-refractivity contribution in [3.05, 3.63) is 41.9 Å². The van der Waals surface area contributed by atoms with Gasteiger partial charge in [-0.25, -0.2) is 13.2 Å². The summed E-state index contributed by atoms with van der Waals surface area (Å²) in [6, 6.07) is 8.60. The Balaban J connectivity index is 1.71. The zero-order valence-electron chi connectivity index (χ0n) is 21.1. The molecule has 1 saturated heterocycles. The van der Waals surface area contributed by atoms with Gasteiger partial charge in [0.25, 0.3) is 0 Å². The van der Waals surface area contributed by atoms with Crippen LogP contribution in [-0.2, 0) is 15.6 Å². The van der Waals surface area contributed by atoms with E-state index >= 15 is 0 Å². The molecule has 3 heterocycles. The summed E-state index contributed by atoms with van der Waals surface area (Å²) in [5.41, 5.74) is 0.461. The van der Waals surface area contributed by atoms with E-state index in [1.54, 1.807) is 58.7 Å². The van der Waals surface area contributed by atoms with Crippen molar-refractivity contribution in [3.63, 3.8) is 0 Å². The van der Waals surface area contributed by atoms with Crippen molar-refractivity contribution in [3.8, 4) is 28.8 Å². The number of urea groups is 1. The topological polar surface area (TPSA) is 120 Å². The van der Waals surface area contributed by atoms with E-state index in [1.165, 1.54) is 14.2 Å². The van der Waals surface area contributed by atoms with E-state index in [1.807, 2.05) is 6.92 Å². The van der Waals surface area contributed by atoms with E-state index in [4.69, 9.17) is 13.9 Å². The van der Waals surface area contributed by atoms with Crippen LogP contribution in [0.1, 0.15) is 24.9 Å². The molecule has 1 aliphatic rings. The molecule has 4 rings (SSSR count). The van der Waals surface area contributed by atoms with Crippen molar-refractivity contribution in [2.45, 2.75) is 32.1 Å². The number of sulfone groups is 1. The van der Waals surface area contributed by atoms with Crippen molar-refractivity contribution in [2.24, 2.45) is 0 Å². The number of carbonyl (C=O) groups is 1. The van der Waals surface area contributed by atoms with Gasteiger partial charge < -0.3 is 23.7 Å². The number of hydrogen-bond donors (Lipinski definition) is 0. The molecule has 0 aliphatic carbocycles. The number of methoxy groups -OCH3 is 2. The molecule has 0 radical (unpaired) electrons. The van der Waals surface area contributed by atoms with Crippen LogP contribution in [0.2, 0.25) is 0 Å². The maximum atomic E-state index is 13.3. The number of ether oxygens (including phenoxy) is 2. The molecule has 0 N–H and O–H groups in total. The van der Waals surface area contributed by atoms with Crippen molar-refractivity contribution < 1.29 is 27.1 Å². The summed E-state index contributed by atoms with van der Waals surface area (Å²) in [5, 5.41) is 8.49. The third-order valence-corrected chi connectivity index (χ3v) is 7.80. The molecule has 0 bridgehead atoms. The molecule has 3 aromatic rings. The standard InChI is InChI=1S/C24H31N5O6S/c1-16-11-12-27(3)24(30)28(16)13-14-36(31,32)15-21-25-26-23(20-10-9-17(2)35-20)29(21)22-18(33-4)7-6-8-19(22)34-5/h6-10,16H,11-15H2,1-5H3/t16-/m1/s1. The summed E-state index contributed by atoms with van der Waals surface area (Å²) in [7, 11) is 1.07. The number of hydrogen-bond acceptors (Lipinski definition) is 8. The average molecular weight is 518 g/mol. The normalized spacial score (nSPS) is 16.5. The van der Waals surface area contributed by atoms with Crippen LogP contribution >= 0.6 is 0 Å². The van der Waals surface area contributed by atoms with E-state index < -0.39 is 15.6 Å². The van der Waals surface area contributed by atoms with Gasteiger partial charge in [-0.3, -0.25) is 4.57 Å². The van der Waals surface area contributed by atoms with Gasteiger partial charge in [0.2, 0.25) is 5.82 Å². The molecule has 1 fully saturated rings. The Morgan fingerprint density at radius 3 is 2.42 bits per heavy atom. The fraction of sp³-hybridized carbons (Fsp3) is 0.458. The minimum absolute atomic E-state index is 0.0285. The van der Waals surface area contributed by atoms with Gasteiger partial charge in [-0.05, 0) is 44.5 Å². The quantitative estimate of drug-likeness (QED) is 0.425. The van der Waals surface area contributed by atoms with Gasteiger partial charge in [-0.2, -0.15) is 0 Å². The van der Waals surface area contributed by atoms with E-state index in [0.717, 1.165) is 6.42 Å². The molecule has 1 aliphatic heterocycles. The number of benzene rings is 1. The lowest BCUT2D eigenvalue weighted by atomic mass is 10.1. The van der Waals surface area contributed by atoms with Crippen LogP contribution in [0.15, 0.2) is 34.7 Å². The van der Waals surface area contributed by atoms with Gasteiger partial charge in [0, 0.05) is 26.2 Å². The number of aryl methyl sites for hydroxylation is 1. The number of rotatable bonds is 9. The number of carbonyl (C=O) groups excluding carboxylic acids is 1. The molecule has 11 nitrogen and oxygen atoms in total. The molecule has 0 saturated carbocycles. The molecule has 0 unspecified atom stereocenters. The zero-order valence-corrected chi connectivity index (χ0v) is 21.9. The predicted octanol–water partition coefficient (Wildman–Crippen LogP) is 2.91. The number of para-hydroxylation sites is 1. The highest BCUT2D eigenvalue weighted by Crippen LogP contribution is 2.37. The third kappa shape index (κ3) is 5.03. The molecule has 0 spiro atoms. The number of amides is 2. The molecule has 36 heavy (non-hydrogen) atoms. The van der Waals surface area contributed by atoms with E-state index in [2.05, 4.69) is 10.2 Å². The Hall–Kier alpha value is -3.54. The van der Waals surface area contributed by atoms with Crippen LogP contribution in [-0.4, -0.2) is 85.2 Å². The molecule has 1 aromatic carbocycles. The fourth-order valence-corrected chi connectivity index (χ4v) is 5.47. The monoisotopic (exact) mass is 517 g/mol. The maximum absolute atomic E-state index is 13.3. The number of aromatic nitrogens is 3. The largest absolute Gasteiger partial charge is 0.494 e. The Kier molecular flexibility index (Phi) is 7.25. The van der Waals surface area contributed by atoms with Crippen LogP contribution in [0.4, 0.5) is 4.79 Å². The molecular formula is C24H31N5O6S. The van der Waals surface area contributed by atoms with E-state index in [-0.39, 0.29) is 30.2 Å². The first-order valence-electron chi connectivity index (χ1n) is 11.6. The summed E-state index contributed by atoms with van der Waals surface area (Å²) in [5.74, 6) is 1.89. The molecule has 194 valence electrons. The van der Waals surface area contributed by atoms with Gasteiger partial charge >= 0.3 is 6.03 Å². The lowest BCUT2D eigenvalue weighted by molar-refractivity contribution is 0.118. The summed E-state index contributed by atoms with van der Waals surface area (Å²) in [6.07, 6.45) is 0.788. The van der Waals surface area contributed by atoms with Crippen LogP contribution < -0.4 is 9.47 Å². The number of furan rings is 1. The Labute approximate surface area is 210 Å². The van der Waals surface area contributed by atoms with Crippen molar-refractivity contribution in [1.29, 1.82) is 0 Å². The second-order valence-electron chi connectivity index (χ2n) is 8.82. The lowest BCUT2D eigenvalue weighted by Crippen LogP contribution is -2.53. The first-order chi connectivity index (χ1) is 17.1. The summed E-state index contributed by atoms with van der Waals surface area (Å²) >= 11 is 0. The Morgan fingerprint density at radius 2 is 1.81 bits per heavy atom. The van der Waals surface area contributed by atoms with Crippen LogP contribution in [0.5, 0.6) is 11.5 Å². The smallest absolute Gasteiger partial charge is 0.320 e. The fourth-order valence-electron chi connectivity index (χ4n) is 4.27. The van der Waals surface area contributed by atoms with Crippen LogP contribution in [0, 0.1) is 6.92 Å². The summed E-state index contributed by atoms with van der Waals surface area (Å²) < 4.78 is 45.0. The van der Waals surface area contributed by atoms with Crippen molar-refractivity contribution in [2.75, 3.05) is 40.1 Å². The summed E-state index contributed by atoms with van der Waals surface area (Å²) in [4.78, 5) is 15.8. The van der Waals surface area contributed by atoms with Gasteiger partial charge in [-0.15, -0.1) is 10.2 Å². The van der Waals surface area contributed by atoms with Gasteiger partial charge in [0.1, 0.15) is 28.7 Å². The third-order valence-electron chi connectivity index (χ3n) is 6.30. The minimum atomic E-state index is -3.68. The SMILES string of the molecule is COc1cccc(OC)c1-n1c(CS(=O)(=O)CCN2C(=O)N(C)CC[C@H]2C)nnc1-c1ccc(C)o1. The second kappa shape index (κ2) is 10.2. The van der Waals surface area contributed by atoms with Crippen LogP contribution in [0.3, 0.4) is 0 Å². The number of nitrogens with zero attached hydrogens (tertiary/aromatic N) is 5. The highest BCUT2D eigenvalue weighted by molar-refractivity contribution is 7.90. The molecule has 2 aromatic heterocycles. The predicted molar refractivity (Wildman–Crippen MR) is 133 cm³/mol. The minimum Gasteiger partial charge on any atom is -0.494 e. The molecular weight excluding hydrogens is 486 g/mol. The lowest BCUT2D eigenvalue weighted by Gasteiger charge is -2.38. The summed E-state index contributed by atoms with van der Waals surface area (Å²) in [6.45, 7) is 4.49. The molecule has 12 heteroatoms. The Bertz CT molecular complexity index is 1330. The van der Waals surface area contributed by atoms with Gasteiger partial charge in [0.05, 0.1) is 20.0 Å². The van der Waals surface area contributed by atoms with Gasteiger partial charge in [-0.1, -0.05) is 6.07 Å². The average Bonchev–Trinajstić information content (AvgIpc) is 3.46. The van der Waals surface area contributed by atoms with Gasteiger partial charge in [0.15, 0.2) is 21.4 Å². The molecule has 2 amide bonds. The maximum Gasteiger partial charge on any atom is 0.320 e. The second-order valence-corrected chi connectivity index (χ2v) is 11.0. The van der Waals surface area contributed by atoms with Crippen LogP contribution in [0.25, 0.3) is 17.3 Å². The van der Waals surface area contributed by atoms with E-state index in [9.17, 15) is 13.2 Å². The first kappa shape index (κ1) is 25.5. The van der Waals surface area contributed by atoms with Crippen molar-refractivity contribution in [1.82, 2.24) is 24.6 Å².